The number of aliphatic carboxylic acids is 1. The van der Waals surface area contributed by atoms with E-state index in [0.29, 0.717) is 6.42 Å². The molecule has 0 aliphatic carbocycles. The summed E-state index contributed by atoms with van der Waals surface area (Å²) in [6.07, 6.45) is 8.25. The quantitative estimate of drug-likeness (QED) is 0.546. The maximum atomic E-state index is 10.3. The van der Waals surface area contributed by atoms with Crippen LogP contribution in [0.5, 0.6) is 0 Å². The summed E-state index contributed by atoms with van der Waals surface area (Å²) in [5.41, 5.74) is 0. The molecule has 0 bridgehead atoms. The van der Waals surface area contributed by atoms with Crippen molar-refractivity contribution in [2.24, 2.45) is 5.92 Å². The van der Waals surface area contributed by atoms with Gasteiger partial charge in [0.25, 0.3) is 0 Å². The molecule has 0 aliphatic rings. The first-order valence-electron chi connectivity index (χ1n) is 6.96. The average molecular weight is 244 g/mol. The molecule has 0 aromatic rings. The van der Waals surface area contributed by atoms with Crippen molar-refractivity contribution in [3.05, 3.63) is 0 Å². The molecule has 0 fully saturated rings. The van der Waals surface area contributed by atoms with Gasteiger partial charge in [-0.1, -0.05) is 58.8 Å². The van der Waals surface area contributed by atoms with Crippen molar-refractivity contribution >= 4 is 5.97 Å². The van der Waals surface area contributed by atoms with Crippen molar-refractivity contribution in [3.63, 3.8) is 0 Å². The van der Waals surface area contributed by atoms with Gasteiger partial charge >= 0.3 is 5.97 Å². The Kier molecular flexibility index (Phi) is 10.2. The largest absolute Gasteiger partial charge is 0.481 e. The van der Waals surface area contributed by atoms with Crippen molar-refractivity contribution < 1.29 is 15.0 Å². The second-order valence-electron chi connectivity index (χ2n) is 5.14. The molecular weight excluding hydrogens is 216 g/mol. The lowest BCUT2D eigenvalue weighted by atomic mass is 9.97. The zero-order valence-electron chi connectivity index (χ0n) is 11.3. The molecule has 2 N–H and O–H groups in total. The first-order chi connectivity index (χ1) is 8.06. The first-order valence-corrected chi connectivity index (χ1v) is 6.96. The van der Waals surface area contributed by atoms with E-state index in [2.05, 4.69) is 13.8 Å². The molecule has 0 aromatic heterocycles. The van der Waals surface area contributed by atoms with Gasteiger partial charge < -0.3 is 10.2 Å². The van der Waals surface area contributed by atoms with E-state index in [0.717, 1.165) is 18.8 Å². The third-order valence-electron chi connectivity index (χ3n) is 3.19. The summed E-state index contributed by atoms with van der Waals surface area (Å²) in [6.45, 7) is 4.52. The third kappa shape index (κ3) is 11.7. The normalized spacial score (nSPS) is 14.5. The lowest BCUT2D eigenvalue weighted by Gasteiger charge is -2.11. The Morgan fingerprint density at radius 2 is 1.65 bits per heavy atom. The van der Waals surface area contributed by atoms with Gasteiger partial charge in [-0.15, -0.1) is 0 Å². The second kappa shape index (κ2) is 10.6. The Labute approximate surface area is 105 Å². The van der Waals surface area contributed by atoms with E-state index in [1.165, 1.54) is 32.1 Å². The minimum absolute atomic E-state index is 0.118. The number of rotatable bonds is 11. The highest BCUT2D eigenvalue weighted by molar-refractivity contribution is 5.67. The van der Waals surface area contributed by atoms with Crippen LogP contribution in [0.2, 0.25) is 0 Å². The van der Waals surface area contributed by atoms with Crippen molar-refractivity contribution in [1.29, 1.82) is 0 Å². The number of carboxylic acid groups (broad SMARTS) is 1. The molecule has 0 aromatic carbocycles. The van der Waals surface area contributed by atoms with E-state index in [1.807, 2.05) is 0 Å². The van der Waals surface area contributed by atoms with E-state index in [4.69, 9.17) is 5.11 Å². The summed E-state index contributed by atoms with van der Waals surface area (Å²) in [6, 6.07) is 0. The summed E-state index contributed by atoms with van der Waals surface area (Å²) in [5, 5.41) is 17.8. The molecule has 0 spiro atoms. The SMILES string of the molecule is CCCCC(C)CCCCCC(O)CC(=O)O. The minimum atomic E-state index is -0.911. The molecule has 3 heteroatoms. The Bertz CT molecular complexity index is 192. The number of aliphatic hydroxyl groups is 1. The van der Waals surface area contributed by atoms with Crippen LogP contribution < -0.4 is 0 Å². The van der Waals surface area contributed by atoms with Gasteiger partial charge in [0.15, 0.2) is 0 Å². The van der Waals surface area contributed by atoms with Crippen LogP contribution in [0.4, 0.5) is 0 Å². The van der Waals surface area contributed by atoms with E-state index >= 15 is 0 Å². The number of aliphatic hydroxyl groups excluding tert-OH is 1. The lowest BCUT2D eigenvalue weighted by molar-refractivity contribution is -0.139. The Morgan fingerprint density at radius 3 is 2.24 bits per heavy atom. The summed E-state index contributed by atoms with van der Waals surface area (Å²) in [5.74, 6) is -0.107. The molecule has 17 heavy (non-hydrogen) atoms. The number of unbranched alkanes of at least 4 members (excludes halogenated alkanes) is 3. The first kappa shape index (κ1) is 16.4. The Morgan fingerprint density at radius 1 is 1.06 bits per heavy atom. The molecule has 3 nitrogen and oxygen atoms in total. The molecule has 0 aliphatic heterocycles. The monoisotopic (exact) mass is 244 g/mol. The van der Waals surface area contributed by atoms with Crippen molar-refractivity contribution in [2.75, 3.05) is 0 Å². The highest BCUT2D eigenvalue weighted by Crippen LogP contribution is 2.16. The van der Waals surface area contributed by atoms with Crippen LogP contribution in [0, 0.1) is 5.92 Å². The summed E-state index contributed by atoms with van der Waals surface area (Å²) in [4.78, 5) is 10.3. The highest BCUT2D eigenvalue weighted by Gasteiger charge is 2.08. The number of carbonyl (C=O) groups is 1. The van der Waals surface area contributed by atoms with Gasteiger partial charge in [0.2, 0.25) is 0 Å². The van der Waals surface area contributed by atoms with Gasteiger partial charge in [0.1, 0.15) is 0 Å². The summed E-state index contributed by atoms with van der Waals surface area (Å²) < 4.78 is 0. The number of hydrogen-bond acceptors (Lipinski definition) is 2. The maximum absolute atomic E-state index is 10.3. The van der Waals surface area contributed by atoms with Gasteiger partial charge in [0, 0.05) is 0 Å². The van der Waals surface area contributed by atoms with Crippen molar-refractivity contribution in [3.8, 4) is 0 Å². The number of carboxylic acids is 1. The van der Waals surface area contributed by atoms with Crippen LogP contribution >= 0.6 is 0 Å². The number of hydrogen-bond donors (Lipinski definition) is 2. The fraction of sp³-hybridized carbons (Fsp3) is 0.929. The predicted molar refractivity (Wildman–Crippen MR) is 70.0 cm³/mol. The molecule has 0 saturated heterocycles. The predicted octanol–water partition coefficient (Wildman–Crippen LogP) is 3.60. The van der Waals surface area contributed by atoms with Gasteiger partial charge in [-0.05, 0) is 12.3 Å². The lowest BCUT2D eigenvalue weighted by Crippen LogP contribution is -2.12. The fourth-order valence-electron chi connectivity index (χ4n) is 2.05. The average Bonchev–Trinajstić information content (AvgIpc) is 2.24. The molecule has 0 amide bonds. The smallest absolute Gasteiger partial charge is 0.305 e. The standard InChI is InChI=1S/C14H28O3/c1-3-4-8-12(2)9-6-5-7-10-13(15)11-14(16)17/h12-13,15H,3-11H2,1-2H3,(H,16,17). The van der Waals surface area contributed by atoms with Crippen LogP contribution in [-0.4, -0.2) is 22.3 Å². The molecular formula is C14H28O3. The third-order valence-corrected chi connectivity index (χ3v) is 3.19. The molecule has 0 heterocycles. The highest BCUT2D eigenvalue weighted by atomic mass is 16.4. The van der Waals surface area contributed by atoms with Gasteiger partial charge in [-0.25, -0.2) is 0 Å². The summed E-state index contributed by atoms with van der Waals surface area (Å²) >= 11 is 0. The van der Waals surface area contributed by atoms with E-state index in [9.17, 15) is 9.90 Å². The molecule has 2 atom stereocenters. The maximum Gasteiger partial charge on any atom is 0.305 e. The molecule has 0 radical (unpaired) electrons. The van der Waals surface area contributed by atoms with Gasteiger partial charge in [0.05, 0.1) is 12.5 Å². The Hall–Kier alpha value is -0.570. The topological polar surface area (TPSA) is 57.5 Å². The van der Waals surface area contributed by atoms with Crippen LogP contribution in [0.15, 0.2) is 0 Å². The van der Waals surface area contributed by atoms with Crippen LogP contribution in [0.25, 0.3) is 0 Å². The Balaban J connectivity index is 3.30. The van der Waals surface area contributed by atoms with E-state index in [-0.39, 0.29) is 6.42 Å². The van der Waals surface area contributed by atoms with Crippen molar-refractivity contribution in [2.45, 2.75) is 77.7 Å². The minimum Gasteiger partial charge on any atom is -0.481 e. The summed E-state index contributed by atoms with van der Waals surface area (Å²) in [7, 11) is 0. The molecule has 102 valence electrons. The van der Waals surface area contributed by atoms with Crippen LogP contribution in [0.3, 0.4) is 0 Å². The molecule has 2 unspecified atom stereocenters. The second-order valence-corrected chi connectivity index (χ2v) is 5.14. The van der Waals surface area contributed by atoms with E-state index < -0.39 is 12.1 Å². The molecule has 0 rings (SSSR count). The zero-order chi connectivity index (χ0) is 13.1. The van der Waals surface area contributed by atoms with Crippen LogP contribution in [0.1, 0.15) is 71.6 Å². The van der Waals surface area contributed by atoms with Crippen molar-refractivity contribution in [1.82, 2.24) is 0 Å². The van der Waals surface area contributed by atoms with Gasteiger partial charge in [-0.2, -0.15) is 0 Å². The zero-order valence-corrected chi connectivity index (χ0v) is 11.3. The van der Waals surface area contributed by atoms with E-state index in [1.54, 1.807) is 0 Å². The fourth-order valence-corrected chi connectivity index (χ4v) is 2.05. The molecule has 0 saturated carbocycles. The van der Waals surface area contributed by atoms with Gasteiger partial charge in [-0.3, -0.25) is 4.79 Å². The van der Waals surface area contributed by atoms with Crippen LogP contribution in [-0.2, 0) is 4.79 Å².